The molecule has 0 amide bonds. The van der Waals surface area contributed by atoms with Gasteiger partial charge in [0.05, 0.1) is 21.7 Å². The summed E-state index contributed by atoms with van der Waals surface area (Å²) in [6.07, 6.45) is -5.62. The second-order valence-corrected chi connectivity index (χ2v) is 6.97. The van der Waals surface area contributed by atoms with Gasteiger partial charge in [-0.15, -0.1) is 0 Å². The monoisotopic (exact) mass is 460 g/mol. The number of alkyl halides is 6. The maximum atomic E-state index is 12.4. The van der Waals surface area contributed by atoms with Crippen LogP contribution in [0.15, 0.2) is 60.9 Å². The second-order valence-electron chi connectivity index (χ2n) is 6.12. The molecule has 2 aromatic heterocycles. The van der Waals surface area contributed by atoms with Crippen molar-refractivity contribution >= 4 is 45.6 Å². The number of H-pyrrole nitrogens is 1. The van der Waals surface area contributed by atoms with E-state index in [9.17, 15) is 26.3 Å². The van der Waals surface area contributed by atoms with Gasteiger partial charge in [-0.2, -0.15) is 26.3 Å². The van der Waals surface area contributed by atoms with Crippen LogP contribution in [0.5, 0.6) is 0 Å². The maximum absolute atomic E-state index is 12.4. The summed E-state index contributed by atoms with van der Waals surface area (Å²) in [5.74, 6) is 0. The number of hydrogen-bond acceptors (Lipinski definition) is 2. The number of pyridine rings is 2. The van der Waals surface area contributed by atoms with Crippen LogP contribution < -0.4 is 0 Å². The van der Waals surface area contributed by atoms with Crippen molar-refractivity contribution in [3.8, 4) is 0 Å². The summed E-state index contributed by atoms with van der Waals surface area (Å²) in [6.45, 7) is 0. The van der Waals surface area contributed by atoms with Crippen LogP contribution in [-0.2, 0) is 12.4 Å². The van der Waals surface area contributed by atoms with Gasteiger partial charge in [-0.25, -0.2) is 0 Å². The second kappa shape index (κ2) is 8.23. The first-order chi connectivity index (χ1) is 14.0. The van der Waals surface area contributed by atoms with E-state index in [-0.39, 0.29) is 5.02 Å². The highest BCUT2D eigenvalue weighted by Crippen LogP contribution is 2.33. The molecule has 10 heteroatoms. The molecule has 30 heavy (non-hydrogen) atoms. The number of fused-ring (bicyclic) bond motifs is 2. The largest absolute Gasteiger partial charge is 0.416 e. The van der Waals surface area contributed by atoms with Crippen molar-refractivity contribution < 1.29 is 26.3 Å². The molecule has 0 aliphatic carbocycles. The molecule has 0 aliphatic heterocycles. The highest BCUT2D eigenvalue weighted by Gasteiger charge is 2.31. The third-order valence-electron chi connectivity index (χ3n) is 4.10. The fourth-order valence-electron chi connectivity index (χ4n) is 2.64. The molecule has 0 spiro atoms. The average molecular weight is 461 g/mol. The first-order valence-corrected chi connectivity index (χ1v) is 9.05. The summed E-state index contributed by atoms with van der Waals surface area (Å²) < 4.78 is 74.8. The number of halogens is 7. The molecule has 0 atom stereocenters. The smallest absolute Gasteiger partial charge is 0.361 e. The highest BCUT2D eigenvalue weighted by atomic mass is 35.5. The summed E-state index contributed by atoms with van der Waals surface area (Å²) in [6, 6.07) is 9.82. The van der Waals surface area contributed by atoms with E-state index < -0.39 is 23.5 Å². The van der Waals surface area contributed by atoms with Crippen LogP contribution in [0.25, 0.3) is 21.8 Å². The van der Waals surface area contributed by atoms with Crippen molar-refractivity contribution in [1.82, 2.24) is 9.97 Å². The number of rotatable bonds is 0. The van der Waals surface area contributed by atoms with E-state index in [4.69, 9.17) is 23.8 Å². The van der Waals surface area contributed by atoms with Gasteiger partial charge >= 0.3 is 12.4 Å². The molecule has 2 nitrogen and oxygen atoms in total. The standard InChI is InChI=1S/C10H5ClF3N.C10H6F3NS/c11-8-3-4-15-9-2-1-6(5-7(8)9)10(12,13)14;11-10(12,13)6-1-2-8-7(5-6)9(15)3-4-14-8/h1-5H;1-5H,(H,14,15). The summed E-state index contributed by atoms with van der Waals surface area (Å²) in [5, 5.41) is 1.00. The number of benzene rings is 2. The molecule has 4 rings (SSSR count). The summed E-state index contributed by atoms with van der Waals surface area (Å²) >= 11 is 10.7. The quantitative estimate of drug-likeness (QED) is 0.214. The maximum Gasteiger partial charge on any atom is 0.416 e. The summed E-state index contributed by atoms with van der Waals surface area (Å²) in [5.41, 5.74) is -0.336. The zero-order valence-electron chi connectivity index (χ0n) is 14.8. The lowest BCUT2D eigenvalue weighted by molar-refractivity contribution is -0.138. The van der Waals surface area contributed by atoms with Crippen LogP contribution in [0, 0.1) is 4.51 Å². The van der Waals surface area contributed by atoms with Crippen molar-refractivity contribution in [3.63, 3.8) is 0 Å². The lowest BCUT2D eigenvalue weighted by atomic mass is 10.1. The van der Waals surface area contributed by atoms with Gasteiger partial charge < -0.3 is 4.98 Å². The number of nitrogens with zero attached hydrogens (tertiary/aromatic N) is 1. The molecule has 2 aromatic carbocycles. The van der Waals surface area contributed by atoms with Gasteiger partial charge in [-0.05, 0) is 48.5 Å². The van der Waals surface area contributed by atoms with Crippen LogP contribution >= 0.6 is 23.8 Å². The SMILES string of the molecule is FC(F)(F)c1ccc2[nH]ccc(=S)c2c1.FC(F)(F)c1ccc2nccc(Cl)c2c1. The first-order valence-electron chi connectivity index (χ1n) is 8.27. The van der Waals surface area contributed by atoms with Gasteiger partial charge in [-0.1, -0.05) is 23.8 Å². The minimum absolute atomic E-state index is 0.270. The minimum atomic E-state index is -4.35. The van der Waals surface area contributed by atoms with E-state index in [1.54, 1.807) is 12.3 Å². The van der Waals surface area contributed by atoms with Crippen LogP contribution in [0.2, 0.25) is 5.02 Å². The van der Waals surface area contributed by atoms with Crippen molar-refractivity contribution in [3.05, 3.63) is 81.6 Å². The Kier molecular flexibility index (Phi) is 6.05. The van der Waals surface area contributed by atoms with E-state index in [1.165, 1.54) is 24.4 Å². The van der Waals surface area contributed by atoms with Crippen molar-refractivity contribution in [1.29, 1.82) is 0 Å². The van der Waals surface area contributed by atoms with E-state index in [2.05, 4.69) is 9.97 Å². The molecule has 0 saturated carbocycles. The van der Waals surface area contributed by atoms with E-state index >= 15 is 0 Å². The van der Waals surface area contributed by atoms with Gasteiger partial charge in [0.2, 0.25) is 0 Å². The van der Waals surface area contributed by atoms with E-state index in [1.807, 2.05) is 0 Å². The Morgan fingerprint density at radius 1 is 0.800 bits per heavy atom. The molecule has 0 unspecified atom stereocenters. The van der Waals surface area contributed by atoms with Crippen LogP contribution in [0.1, 0.15) is 11.1 Å². The van der Waals surface area contributed by atoms with Gasteiger partial charge in [-0.3, -0.25) is 4.98 Å². The number of nitrogens with one attached hydrogen (secondary N) is 1. The normalized spacial score (nSPS) is 12.0. The van der Waals surface area contributed by atoms with Gasteiger partial charge in [0.25, 0.3) is 0 Å². The van der Waals surface area contributed by atoms with Crippen molar-refractivity contribution in [2.24, 2.45) is 0 Å². The topological polar surface area (TPSA) is 28.7 Å². The molecule has 156 valence electrons. The Labute approximate surface area is 176 Å². The summed E-state index contributed by atoms with van der Waals surface area (Å²) in [4.78, 5) is 6.75. The Morgan fingerprint density at radius 2 is 1.40 bits per heavy atom. The zero-order chi connectivity index (χ0) is 22.1. The Balaban J connectivity index is 0.000000171. The number of aromatic nitrogens is 2. The van der Waals surface area contributed by atoms with Crippen LogP contribution in [0.3, 0.4) is 0 Å². The molecule has 0 radical (unpaired) electrons. The first kappa shape index (κ1) is 22.0. The predicted octanol–water partition coefficient (Wildman–Crippen LogP) is 7.82. The lowest BCUT2D eigenvalue weighted by Crippen LogP contribution is -2.04. The average Bonchev–Trinajstić information content (AvgIpc) is 2.67. The molecule has 0 saturated heterocycles. The Morgan fingerprint density at radius 3 is 2.03 bits per heavy atom. The van der Waals surface area contributed by atoms with Gasteiger partial charge in [0.1, 0.15) is 0 Å². The molecule has 0 fully saturated rings. The van der Waals surface area contributed by atoms with Crippen LogP contribution in [0.4, 0.5) is 26.3 Å². The third kappa shape index (κ3) is 4.91. The molecular formula is C20H11ClF6N2S. The summed E-state index contributed by atoms with van der Waals surface area (Å²) in [7, 11) is 0. The fraction of sp³-hybridized carbons (Fsp3) is 0.100. The van der Waals surface area contributed by atoms with Gasteiger partial charge in [0, 0.05) is 33.2 Å². The molecule has 0 bridgehead atoms. The fourth-order valence-corrected chi connectivity index (χ4v) is 3.08. The number of hydrogen-bond donors (Lipinski definition) is 1. The van der Waals surface area contributed by atoms with Gasteiger partial charge in [0.15, 0.2) is 0 Å². The van der Waals surface area contributed by atoms with E-state index in [0.29, 0.717) is 26.3 Å². The lowest BCUT2D eigenvalue weighted by Gasteiger charge is -2.07. The third-order valence-corrected chi connectivity index (χ3v) is 4.79. The molecular weight excluding hydrogens is 450 g/mol. The van der Waals surface area contributed by atoms with E-state index in [0.717, 1.165) is 24.3 Å². The molecule has 0 aliphatic rings. The molecule has 1 N–H and O–H groups in total. The zero-order valence-corrected chi connectivity index (χ0v) is 16.3. The Hall–Kier alpha value is -2.65. The molecule has 4 aromatic rings. The highest BCUT2D eigenvalue weighted by molar-refractivity contribution is 7.71. The predicted molar refractivity (Wildman–Crippen MR) is 106 cm³/mol. The van der Waals surface area contributed by atoms with Crippen molar-refractivity contribution in [2.45, 2.75) is 12.4 Å². The van der Waals surface area contributed by atoms with Crippen LogP contribution in [-0.4, -0.2) is 9.97 Å². The molecule has 2 heterocycles. The van der Waals surface area contributed by atoms with Crippen molar-refractivity contribution in [2.75, 3.05) is 0 Å². The Bertz CT molecular complexity index is 1260. The minimum Gasteiger partial charge on any atom is -0.361 e. The number of aromatic amines is 1.